The molecule has 0 saturated heterocycles. The Morgan fingerprint density at radius 2 is 1.72 bits per heavy atom. The molecule has 18 heavy (non-hydrogen) atoms. The molecule has 0 fully saturated rings. The summed E-state index contributed by atoms with van der Waals surface area (Å²) in [6.07, 6.45) is 0. The van der Waals surface area contributed by atoms with Gasteiger partial charge in [-0.05, 0) is 29.8 Å². The minimum atomic E-state index is -2.28. The van der Waals surface area contributed by atoms with Gasteiger partial charge in [-0.15, -0.1) is 0 Å². The molecule has 2 aromatic rings. The largest absolute Gasteiger partial charge is 0.381 e. The number of nitrogens with one attached hydrogen (secondary N) is 1. The van der Waals surface area contributed by atoms with Crippen LogP contribution in [0.3, 0.4) is 0 Å². The number of benzene rings is 2. The molecule has 0 aliphatic heterocycles. The fourth-order valence-electron chi connectivity index (χ4n) is 1.51. The zero-order chi connectivity index (χ0) is 12.8. The molecule has 1 unspecified atom stereocenters. The fourth-order valence-corrected chi connectivity index (χ4v) is 1.79. The van der Waals surface area contributed by atoms with Crippen molar-refractivity contribution in [3.05, 3.63) is 60.2 Å². The molecule has 5 heteroatoms. The smallest absolute Gasteiger partial charge is 0.357 e. The maximum Gasteiger partial charge on any atom is 0.357 e. The SMILES string of the molecule is O=S(O)Oc1ccc(NCc2ccccc2)cc1. The number of anilines is 1. The maximum absolute atomic E-state index is 10.4. The molecule has 0 spiro atoms. The van der Waals surface area contributed by atoms with Crippen LogP contribution in [-0.4, -0.2) is 8.76 Å². The van der Waals surface area contributed by atoms with Crippen LogP contribution in [0, 0.1) is 0 Å². The Labute approximate surface area is 108 Å². The first-order valence-electron chi connectivity index (χ1n) is 5.41. The minimum Gasteiger partial charge on any atom is -0.381 e. The van der Waals surface area contributed by atoms with E-state index in [1.165, 1.54) is 5.56 Å². The second-order valence-corrected chi connectivity index (χ2v) is 4.26. The van der Waals surface area contributed by atoms with Crippen molar-refractivity contribution in [3.8, 4) is 5.75 Å². The van der Waals surface area contributed by atoms with Gasteiger partial charge in [0.1, 0.15) is 5.75 Å². The van der Waals surface area contributed by atoms with E-state index >= 15 is 0 Å². The van der Waals surface area contributed by atoms with Gasteiger partial charge in [-0.1, -0.05) is 30.3 Å². The van der Waals surface area contributed by atoms with E-state index < -0.39 is 11.4 Å². The lowest BCUT2D eigenvalue weighted by atomic mass is 10.2. The molecule has 0 bridgehead atoms. The molecule has 4 nitrogen and oxygen atoms in total. The molecule has 2 aromatic carbocycles. The zero-order valence-electron chi connectivity index (χ0n) is 9.58. The van der Waals surface area contributed by atoms with Gasteiger partial charge in [-0.2, -0.15) is 4.21 Å². The van der Waals surface area contributed by atoms with Gasteiger partial charge in [0.2, 0.25) is 0 Å². The summed E-state index contributed by atoms with van der Waals surface area (Å²) in [5, 5.41) is 3.25. The van der Waals surface area contributed by atoms with E-state index in [1.807, 2.05) is 30.3 Å². The van der Waals surface area contributed by atoms with Crippen LogP contribution in [0.2, 0.25) is 0 Å². The summed E-state index contributed by atoms with van der Waals surface area (Å²) >= 11 is -2.28. The van der Waals surface area contributed by atoms with E-state index in [1.54, 1.807) is 24.3 Å². The molecule has 94 valence electrons. The second-order valence-electron chi connectivity index (χ2n) is 3.66. The van der Waals surface area contributed by atoms with Crippen LogP contribution in [-0.2, 0) is 17.9 Å². The molecular formula is C13H13NO3S. The Morgan fingerprint density at radius 3 is 2.33 bits per heavy atom. The topological polar surface area (TPSA) is 58.6 Å². The van der Waals surface area contributed by atoms with E-state index in [0.717, 1.165) is 12.2 Å². The molecular weight excluding hydrogens is 250 g/mol. The van der Waals surface area contributed by atoms with Crippen LogP contribution in [0.4, 0.5) is 5.69 Å². The van der Waals surface area contributed by atoms with Crippen molar-refractivity contribution < 1.29 is 12.9 Å². The van der Waals surface area contributed by atoms with Crippen LogP contribution in [0.15, 0.2) is 54.6 Å². The van der Waals surface area contributed by atoms with Crippen molar-refractivity contribution in [2.24, 2.45) is 0 Å². The first kappa shape index (κ1) is 12.6. The fraction of sp³-hybridized carbons (Fsp3) is 0.0769. The van der Waals surface area contributed by atoms with Crippen molar-refractivity contribution in [2.75, 3.05) is 5.32 Å². The van der Waals surface area contributed by atoms with Gasteiger partial charge >= 0.3 is 11.4 Å². The predicted octanol–water partition coefficient (Wildman–Crippen LogP) is 2.81. The Bertz CT molecular complexity index is 514. The Hall–Kier alpha value is -1.85. The molecule has 2 N–H and O–H groups in total. The van der Waals surface area contributed by atoms with Crippen molar-refractivity contribution in [3.63, 3.8) is 0 Å². The Balaban J connectivity index is 1.92. The molecule has 0 heterocycles. The van der Waals surface area contributed by atoms with Gasteiger partial charge in [0.25, 0.3) is 0 Å². The third kappa shape index (κ3) is 3.87. The molecule has 2 rings (SSSR count). The van der Waals surface area contributed by atoms with Gasteiger partial charge in [-0.3, -0.25) is 4.55 Å². The predicted molar refractivity (Wildman–Crippen MR) is 71.6 cm³/mol. The van der Waals surface area contributed by atoms with E-state index in [2.05, 4.69) is 9.50 Å². The molecule has 0 aliphatic carbocycles. The van der Waals surface area contributed by atoms with Crippen molar-refractivity contribution in [2.45, 2.75) is 6.54 Å². The summed E-state index contributed by atoms with van der Waals surface area (Å²) in [5.74, 6) is 0.362. The van der Waals surface area contributed by atoms with Crippen LogP contribution < -0.4 is 9.50 Å². The van der Waals surface area contributed by atoms with Gasteiger partial charge in [0.05, 0.1) is 0 Å². The summed E-state index contributed by atoms with van der Waals surface area (Å²) < 4.78 is 23.6. The van der Waals surface area contributed by atoms with Crippen molar-refractivity contribution in [1.82, 2.24) is 0 Å². The zero-order valence-corrected chi connectivity index (χ0v) is 10.4. The molecule has 0 saturated carbocycles. The summed E-state index contributed by atoms with van der Waals surface area (Å²) in [6.45, 7) is 0.729. The van der Waals surface area contributed by atoms with E-state index in [9.17, 15) is 4.21 Å². The lowest BCUT2D eigenvalue weighted by Crippen LogP contribution is -2.00. The normalized spacial score (nSPS) is 11.8. The van der Waals surface area contributed by atoms with E-state index in [0.29, 0.717) is 5.75 Å². The Morgan fingerprint density at radius 1 is 1.06 bits per heavy atom. The highest BCUT2D eigenvalue weighted by atomic mass is 32.2. The third-order valence-corrected chi connectivity index (χ3v) is 2.70. The summed E-state index contributed by atoms with van der Waals surface area (Å²) in [4.78, 5) is 0. The van der Waals surface area contributed by atoms with E-state index in [-0.39, 0.29) is 0 Å². The standard InChI is InChI=1S/C13H13NO3S/c15-18(16)17-13-8-6-12(7-9-13)14-10-11-4-2-1-3-5-11/h1-9,14H,10H2,(H,15,16). The average molecular weight is 263 g/mol. The van der Waals surface area contributed by atoms with Crippen molar-refractivity contribution in [1.29, 1.82) is 0 Å². The summed E-state index contributed by atoms with van der Waals surface area (Å²) in [6, 6.07) is 16.9. The summed E-state index contributed by atoms with van der Waals surface area (Å²) in [7, 11) is 0. The molecule has 1 atom stereocenters. The molecule has 0 aromatic heterocycles. The first-order chi connectivity index (χ1) is 8.74. The molecule has 0 aliphatic rings. The number of hydrogen-bond acceptors (Lipinski definition) is 3. The van der Waals surface area contributed by atoms with Crippen LogP contribution >= 0.6 is 0 Å². The highest BCUT2D eigenvalue weighted by Gasteiger charge is 1.98. The lowest BCUT2D eigenvalue weighted by molar-refractivity contribution is 0.458. The van der Waals surface area contributed by atoms with E-state index in [4.69, 9.17) is 4.55 Å². The van der Waals surface area contributed by atoms with Crippen molar-refractivity contribution >= 4 is 17.0 Å². The van der Waals surface area contributed by atoms with Crippen LogP contribution in [0.1, 0.15) is 5.56 Å². The van der Waals surface area contributed by atoms with Crippen LogP contribution in [0.5, 0.6) is 5.75 Å². The third-order valence-electron chi connectivity index (χ3n) is 2.36. The maximum atomic E-state index is 10.4. The van der Waals surface area contributed by atoms with Gasteiger partial charge in [0.15, 0.2) is 0 Å². The second kappa shape index (κ2) is 6.18. The highest BCUT2D eigenvalue weighted by molar-refractivity contribution is 7.74. The summed E-state index contributed by atoms with van der Waals surface area (Å²) in [5.41, 5.74) is 2.12. The first-order valence-corrected chi connectivity index (χ1v) is 6.44. The van der Waals surface area contributed by atoms with Gasteiger partial charge in [0, 0.05) is 12.2 Å². The molecule has 0 radical (unpaired) electrons. The number of hydrogen-bond donors (Lipinski definition) is 2. The average Bonchev–Trinajstić information content (AvgIpc) is 2.38. The quantitative estimate of drug-likeness (QED) is 0.814. The molecule has 0 amide bonds. The Kier molecular flexibility index (Phi) is 4.33. The van der Waals surface area contributed by atoms with Crippen LogP contribution in [0.25, 0.3) is 0 Å². The minimum absolute atomic E-state index is 0.362. The lowest BCUT2D eigenvalue weighted by Gasteiger charge is -2.07. The number of rotatable bonds is 5. The van der Waals surface area contributed by atoms with Gasteiger partial charge in [-0.25, -0.2) is 0 Å². The monoisotopic (exact) mass is 263 g/mol. The highest BCUT2D eigenvalue weighted by Crippen LogP contribution is 2.16. The van der Waals surface area contributed by atoms with Gasteiger partial charge < -0.3 is 9.50 Å².